The highest BCUT2D eigenvalue weighted by Gasteiger charge is 2.20. The summed E-state index contributed by atoms with van der Waals surface area (Å²) in [6, 6.07) is 11.8. The SMILES string of the molecule is O=C(NC1CCCNC1)c1ccc(NCc2ccccc2Cl)c([N+](=O)[O-])c1. The molecule has 8 heteroatoms. The van der Waals surface area contributed by atoms with Crippen molar-refractivity contribution in [2.75, 3.05) is 18.4 Å². The first kappa shape index (κ1) is 19.1. The molecule has 0 saturated carbocycles. The zero-order valence-electron chi connectivity index (χ0n) is 14.7. The van der Waals surface area contributed by atoms with Crippen LogP contribution in [0, 0.1) is 10.1 Å². The molecular formula is C19H21ClN4O3. The van der Waals surface area contributed by atoms with Gasteiger partial charge in [-0.15, -0.1) is 0 Å². The maximum atomic E-state index is 12.4. The van der Waals surface area contributed by atoms with Gasteiger partial charge < -0.3 is 16.0 Å². The van der Waals surface area contributed by atoms with E-state index in [1.807, 2.05) is 18.2 Å². The molecule has 0 bridgehead atoms. The van der Waals surface area contributed by atoms with Gasteiger partial charge in [-0.05, 0) is 43.1 Å². The van der Waals surface area contributed by atoms with E-state index < -0.39 is 4.92 Å². The van der Waals surface area contributed by atoms with Crippen LogP contribution in [0.15, 0.2) is 42.5 Å². The van der Waals surface area contributed by atoms with Crippen molar-refractivity contribution in [3.8, 4) is 0 Å². The monoisotopic (exact) mass is 388 g/mol. The van der Waals surface area contributed by atoms with Crippen LogP contribution in [-0.4, -0.2) is 30.0 Å². The Morgan fingerprint density at radius 3 is 2.81 bits per heavy atom. The van der Waals surface area contributed by atoms with E-state index in [9.17, 15) is 14.9 Å². The molecule has 1 heterocycles. The number of anilines is 1. The van der Waals surface area contributed by atoms with E-state index >= 15 is 0 Å². The number of benzene rings is 2. The minimum atomic E-state index is -0.492. The lowest BCUT2D eigenvalue weighted by Gasteiger charge is -2.23. The number of piperidine rings is 1. The highest BCUT2D eigenvalue weighted by Crippen LogP contribution is 2.27. The standard InChI is InChI=1S/C19H21ClN4O3/c20-16-6-2-1-4-14(16)11-22-17-8-7-13(10-18(17)24(26)27)19(25)23-15-5-3-9-21-12-15/h1-2,4,6-8,10,15,21-22H,3,5,9,11-12H2,(H,23,25). The Morgan fingerprint density at radius 1 is 1.30 bits per heavy atom. The fourth-order valence-corrected chi connectivity index (χ4v) is 3.25. The second-order valence-corrected chi connectivity index (χ2v) is 6.86. The first-order valence-electron chi connectivity index (χ1n) is 8.82. The van der Waals surface area contributed by atoms with Crippen LogP contribution in [0.1, 0.15) is 28.8 Å². The summed E-state index contributed by atoms with van der Waals surface area (Å²) in [5.74, 6) is -0.301. The molecule has 1 amide bonds. The number of hydrogen-bond donors (Lipinski definition) is 3. The van der Waals surface area contributed by atoms with E-state index in [2.05, 4.69) is 16.0 Å². The molecule has 7 nitrogen and oxygen atoms in total. The minimum absolute atomic E-state index is 0.0448. The van der Waals surface area contributed by atoms with Crippen LogP contribution in [0.3, 0.4) is 0 Å². The lowest BCUT2D eigenvalue weighted by atomic mass is 10.1. The fourth-order valence-electron chi connectivity index (χ4n) is 3.05. The molecule has 3 N–H and O–H groups in total. The maximum absolute atomic E-state index is 12.4. The van der Waals surface area contributed by atoms with Gasteiger partial charge in [0, 0.05) is 35.8 Å². The van der Waals surface area contributed by atoms with Crippen molar-refractivity contribution in [1.82, 2.24) is 10.6 Å². The van der Waals surface area contributed by atoms with Crippen molar-refractivity contribution in [2.24, 2.45) is 0 Å². The average Bonchev–Trinajstić information content (AvgIpc) is 2.68. The molecule has 0 aliphatic carbocycles. The number of rotatable bonds is 6. The van der Waals surface area contributed by atoms with Crippen LogP contribution in [0.4, 0.5) is 11.4 Å². The summed E-state index contributed by atoms with van der Waals surface area (Å²) in [7, 11) is 0. The molecule has 3 rings (SSSR count). The summed E-state index contributed by atoms with van der Waals surface area (Å²) in [6.45, 7) is 2.01. The first-order valence-corrected chi connectivity index (χ1v) is 9.19. The summed E-state index contributed by atoms with van der Waals surface area (Å²) >= 11 is 6.12. The number of nitrogens with one attached hydrogen (secondary N) is 3. The number of hydrogen-bond acceptors (Lipinski definition) is 5. The Kier molecular flexibility index (Phi) is 6.26. The molecule has 1 aliphatic heterocycles. The third-order valence-electron chi connectivity index (χ3n) is 4.52. The van der Waals surface area contributed by atoms with Gasteiger partial charge in [-0.2, -0.15) is 0 Å². The van der Waals surface area contributed by atoms with Gasteiger partial charge in [-0.1, -0.05) is 29.8 Å². The minimum Gasteiger partial charge on any atom is -0.375 e. The Labute approximate surface area is 162 Å². The van der Waals surface area contributed by atoms with Gasteiger partial charge in [0.2, 0.25) is 0 Å². The maximum Gasteiger partial charge on any atom is 0.293 e. The molecule has 0 spiro atoms. The quantitative estimate of drug-likeness (QED) is 0.521. The van der Waals surface area contributed by atoms with Gasteiger partial charge in [0.1, 0.15) is 5.69 Å². The number of amides is 1. The molecule has 142 valence electrons. The van der Waals surface area contributed by atoms with Crippen molar-refractivity contribution in [3.05, 3.63) is 68.7 Å². The second-order valence-electron chi connectivity index (χ2n) is 6.45. The lowest BCUT2D eigenvalue weighted by Crippen LogP contribution is -2.45. The van der Waals surface area contributed by atoms with Gasteiger partial charge >= 0.3 is 0 Å². The van der Waals surface area contributed by atoms with E-state index in [0.29, 0.717) is 23.8 Å². The number of nitro groups is 1. The largest absolute Gasteiger partial charge is 0.375 e. The van der Waals surface area contributed by atoms with Crippen molar-refractivity contribution in [1.29, 1.82) is 0 Å². The molecule has 2 aromatic rings. The molecule has 1 fully saturated rings. The van der Waals surface area contributed by atoms with Crippen molar-refractivity contribution < 1.29 is 9.72 Å². The Bertz CT molecular complexity index is 837. The van der Waals surface area contributed by atoms with Crippen LogP contribution in [0.25, 0.3) is 0 Å². The Hall–Kier alpha value is -2.64. The molecule has 1 saturated heterocycles. The van der Waals surface area contributed by atoms with E-state index in [-0.39, 0.29) is 23.2 Å². The molecule has 1 unspecified atom stereocenters. The zero-order valence-corrected chi connectivity index (χ0v) is 15.5. The number of carbonyl (C=O) groups excluding carboxylic acids is 1. The Morgan fingerprint density at radius 2 is 2.11 bits per heavy atom. The highest BCUT2D eigenvalue weighted by molar-refractivity contribution is 6.31. The van der Waals surface area contributed by atoms with Gasteiger partial charge in [0.15, 0.2) is 0 Å². The number of halogens is 1. The van der Waals surface area contributed by atoms with Crippen LogP contribution in [-0.2, 0) is 6.54 Å². The van der Waals surface area contributed by atoms with Crippen molar-refractivity contribution in [2.45, 2.75) is 25.4 Å². The predicted octanol–water partition coefficient (Wildman–Crippen LogP) is 3.34. The molecule has 0 aromatic heterocycles. The molecule has 0 radical (unpaired) electrons. The molecular weight excluding hydrogens is 368 g/mol. The smallest absolute Gasteiger partial charge is 0.293 e. The summed E-state index contributed by atoms with van der Waals surface area (Å²) in [4.78, 5) is 23.4. The van der Waals surface area contributed by atoms with Gasteiger partial charge in [-0.3, -0.25) is 14.9 Å². The number of nitrogens with zero attached hydrogens (tertiary/aromatic N) is 1. The summed E-state index contributed by atoms with van der Waals surface area (Å²) in [6.07, 6.45) is 1.90. The summed E-state index contributed by atoms with van der Waals surface area (Å²) < 4.78 is 0. The molecule has 27 heavy (non-hydrogen) atoms. The van der Waals surface area contributed by atoms with Crippen molar-refractivity contribution >= 4 is 28.9 Å². The predicted molar refractivity (Wildman–Crippen MR) is 105 cm³/mol. The molecule has 1 atom stereocenters. The third kappa shape index (κ3) is 4.96. The second kappa shape index (κ2) is 8.83. The van der Waals surface area contributed by atoms with E-state index in [1.54, 1.807) is 18.2 Å². The van der Waals surface area contributed by atoms with Crippen LogP contribution in [0.2, 0.25) is 5.02 Å². The zero-order chi connectivity index (χ0) is 19.2. The van der Waals surface area contributed by atoms with Crippen molar-refractivity contribution in [3.63, 3.8) is 0 Å². The van der Waals surface area contributed by atoms with Crippen LogP contribution in [0.5, 0.6) is 0 Å². The Balaban J connectivity index is 1.73. The highest BCUT2D eigenvalue weighted by atomic mass is 35.5. The molecule has 2 aromatic carbocycles. The number of nitro benzene ring substituents is 1. The topological polar surface area (TPSA) is 96.3 Å². The summed E-state index contributed by atoms with van der Waals surface area (Å²) in [5.41, 5.74) is 1.31. The van der Waals surface area contributed by atoms with E-state index in [1.165, 1.54) is 6.07 Å². The van der Waals surface area contributed by atoms with E-state index in [0.717, 1.165) is 24.9 Å². The van der Waals surface area contributed by atoms with Crippen LogP contribution >= 0.6 is 11.6 Å². The molecule has 1 aliphatic rings. The first-order chi connectivity index (χ1) is 13.0. The normalized spacial score (nSPS) is 16.6. The average molecular weight is 389 g/mol. The van der Waals surface area contributed by atoms with Gasteiger partial charge in [0.05, 0.1) is 4.92 Å². The number of carbonyl (C=O) groups is 1. The van der Waals surface area contributed by atoms with Crippen LogP contribution < -0.4 is 16.0 Å². The summed E-state index contributed by atoms with van der Waals surface area (Å²) in [5, 5.41) is 21.2. The van der Waals surface area contributed by atoms with Gasteiger partial charge in [0.25, 0.3) is 11.6 Å². The lowest BCUT2D eigenvalue weighted by molar-refractivity contribution is -0.384. The fraction of sp³-hybridized carbons (Fsp3) is 0.316. The van der Waals surface area contributed by atoms with Gasteiger partial charge in [-0.25, -0.2) is 0 Å². The third-order valence-corrected chi connectivity index (χ3v) is 4.88. The van der Waals surface area contributed by atoms with E-state index in [4.69, 9.17) is 11.6 Å².